The summed E-state index contributed by atoms with van der Waals surface area (Å²) in [5.74, 6) is -0.763. The van der Waals surface area contributed by atoms with Crippen molar-refractivity contribution in [3.05, 3.63) is 29.0 Å². The zero-order valence-corrected chi connectivity index (χ0v) is 12.8. The topological polar surface area (TPSA) is 41.6 Å². The number of nitrogens with one attached hydrogen (secondary N) is 1. The first-order valence-electron chi connectivity index (χ1n) is 7.09. The number of anilines is 1. The third kappa shape index (κ3) is 5.26. The molecule has 6 heteroatoms. The van der Waals surface area contributed by atoms with Gasteiger partial charge in [0.05, 0.1) is 18.3 Å². The number of amides is 1. The predicted molar refractivity (Wildman–Crippen MR) is 81.1 cm³/mol. The molecule has 1 aliphatic rings. The highest BCUT2D eigenvalue weighted by Gasteiger charge is 2.17. The maximum Gasteiger partial charge on any atom is 0.238 e. The van der Waals surface area contributed by atoms with Gasteiger partial charge in [0.2, 0.25) is 5.91 Å². The molecule has 116 valence electrons. The largest absolute Gasteiger partial charge is 0.377 e. The molecule has 0 aromatic heterocycles. The molecule has 1 aromatic rings. The van der Waals surface area contributed by atoms with E-state index >= 15 is 0 Å². The van der Waals surface area contributed by atoms with E-state index in [0.29, 0.717) is 11.6 Å². The third-order valence-electron chi connectivity index (χ3n) is 3.41. The van der Waals surface area contributed by atoms with Crippen LogP contribution in [0.1, 0.15) is 19.3 Å². The number of carbonyl (C=O) groups excluding carboxylic acids is 1. The lowest BCUT2D eigenvalue weighted by atomic mass is 10.1. The first-order valence-corrected chi connectivity index (χ1v) is 7.47. The molecule has 1 fully saturated rings. The number of halogens is 2. The van der Waals surface area contributed by atoms with Crippen LogP contribution in [0.15, 0.2) is 18.2 Å². The van der Waals surface area contributed by atoms with E-state index in [1.54, 1.807) is 0 Å². The van der Waals surface area contributed by atoms with Gasteiger partial charge >= 0.3 is 0 Å². The first-order chi connectivity index (χ1) is 10.0. The molecule has 1 unspecified atom stereocenters. The van der Waals surface area contributed by atoms with E-state index in [1.165, 1.54) is 24.6 Å². The van der Waals surface area contributed by atoms with Crippen LogP contribution in [0.4, 0.5) is 10.1 Å². The SMILES string of the molecule is CN(CC(=O)Nc1cc(Cl)ccc1F)CC1CCCCO1. The van der Waals surface area contributed by atoms with Crippen molar-refractivity contribution in [3.8, 4) is 0 Å². The van der Waals surface area contributed by atoms with Crippen molar-refractivity contribution in [2.24, 2.45) is 0 Å². The van der Waals surface area contributed by atoms with E-state index in [1.807, 2.05) is 11.9 Å². The summed E-state index contributed by atoms with van der Waals surface area (Å²) in [6.07, 6.45) is 3.47. The van der Waals surface area contributed by atoms with Gasteiger partial charge in [-0.05, 0) is 44.5 Å². The number of rotatable bonds is 5. The van der Waals surface area contributed by atoms with Crippen molar-refractivity contribution in [1.82, 2.24) is 4.90 Å². The van der Waals surface area contributed by atoms with Gasteiger partial charge in [-0.25, -0.2) is 4.39 Å². The second kappa shape index (κ2) is 7.73. The van der Waals surface area contributed by atoms with Gasteiger partial charge in [-0.3, -0.25) is 9.69 Å². The molecule has 1 aliphatic heterocycles. The molecule has 1 N–H and O–H groups in total. The van der Waals surface area contributed by atoms with Crippen molar-refractivity contribution >= 4 is 23.2 Å². The molecule has 4 nitrogen and oxygen atoms in total. The Morgan fingerprint density at radius 3 is 3.05 bits per heavy atom. The average Bonchev–Trinajstić information content (AvgIpc) is 2.43. The molecular weight excluding hydrogens is 295 g/mol. The molecule has 1 aromatic carbocycles. The normalized spacial score (nSPS) is 18.8. The molecule has 0 spiro atoms. The molecule has 0 bridgehead atoms. The Labute approximate surface area is 129 Å². The molecule has 0 aliphatic carbocycles. The van der Waals surface area contributed by atoms with Gasteiger partial charge in [-0.1, -0.05) is 11.6 Å². The highest BCUT2D eigenvalue weighted by molar-refractivity contribution is 6.30. The summed E-state index contributed by atoms with van der Waals surface area (Å²) in [7, 11) is 1.85. The standard InChI is InChI=1S/C15H20ClFN2O2/c1-19(9-12-4-2-3-7-21-12)10-15(20)18-14-8-11(16)5-6-13(14)17/h5-6,8,12H,2-4,7,9-10H2,1H3,(H,18,20). The smallest absolute Gasteiger partial charge is 0.238 e. The Hall–Kier alpha value is -1.17. The molecule has 0 saturated carbocycles. The van der Waals surface area contributed by atoms with Crippen LogP contribution in [0.2, 0.25) is 5.02 Å². The molecule has 0 radical (unpaired) electrons. The lowest BCUT2D eigenvalue weighted by molar-refractivity contribution is -0.117. The highest BCUT2D eigenvalue weighted by Crippen LogP contribution is 2.19. The van der Waals surface area contributed by atoms with E-state index in [-0.39, 0.29) is 24.2 Å². The van der Waals surface area contributed by atoms with Gasteiger partial charge < -0.3 is 10.1 Å². The third-order valence-corrected chi connectivity index (χ3v) is 3.64. The minimum atomic E-state index is -0.494. The number of benzene rings is 1. The van der Waals surface area contributed by atoms with E-state index in [0.717, 1.165) is 19.4 Å². The minimum absolute atomic E-state index is 0.106. The minimum Gasteiger partial charge on any atom is -0.377 e. The fourth-order valence-electron chi connectivity index (χ4n) is 2.39. The lowest BCUT2D eigenvalue weighted by Crippen LogP contribution is -2.38. The zero-order valence-electron chi connectivity index (χ0n) is 12.1. The number of likely N-dealkylation sites (N-methyl/N-ethyl adjacent to an activating group) is 1. The van der Waals surface area contributed by atoms with E-state index < -0.39 is 5.82 Å². The maximum atomic E-state index is 13.5. The summed E-state index contributed by atoms with van der Waals surface area (Å²) in [4.78, 5) is 13.8. The molecule has 2 rings (SSSR count). The summed E-state index contributed by atoms with van der Waals surface area (Å²) in [6.45, 7) is 1.68. The Balaban J connectivity index is 1.81. The fraction of sp³-hybridized carbons (Fsp3) is 0.533. The number of hydrogen-bond donors (Lipinski definition) is 1. The van der Waals surface area contributed by atoms with Crippen molar-refractivity contribution in [3.63, 3.8) is 0 Å². The number of hydrogen-bond acceptors (Lipinski definition) is 3. The van der Waals surface area contributed by atoms with Crippen LogP contribution in [0.25, 0.3) is 0 Å². The highest BCUT2D eigenvalue weighted by atomic mass is 35.5. The van der Waals surface area contributed by atoms with Gasteiger partial charge in [0.25, 0.3) is 0 Å². The second-order valence-electron chi connectivity index (χ2n) is 5.36. The van der Waals surface area contributed by atoms with Gasteiger partial charge in [-0.2, -0.15) is 0 Å². The quantitative estimate of drug-likeness (QED) is 0.908. The van der Waals surface area contributed by atoms with Crippen LogP contribution in [-0.2, 0) is 9.53 Å². The number of nitrogens with zero attached hydrogens (tertiary/aromatic N) is 1. The Bertz CT molecular complexity index is 493. The summed E-state index contributed by atoms with van der Waals surface area (Å²) in [5, 5.41) is 2.92. The molecular formula is C15H20ClFN2O2. The van der Waals surface area contributed by atoms with Crippen molar-refractivity contribution < 1.29 is 13.9 Å². The zero-order chi connectivity index (χ0) is 15.2. The number of carbonyl (C=O) groups is 1. The van der Waals surface area contributed by atoms with Gasteiger partial charge in [0, 0.05) is 18.2 Å². The van der Waals surface area contributed by atoms with Crippen LogP contribution in [0, 0.1) is 5.82 Å². The summed E-state index contributed by atoms with van der Waals surface area (Å²) in [5.41, 5.74) is 0.106. The van der Waals surface area contributed by atoms with Crippen molar-refractivity contribution in [1.29, 1.82) is 0 Å². The first kappa shape index (κ1) is 16.2. The van der Waals surface area contributed by atoms with Crippen LogP contribution < -0.4 is 5.32 Å². The van der Waals surface area contributed by atoms with Crippen molar-refractivity contribution in [2.45, 2.75) is 25.4 Å². The summed E-state index contributed by atoms with van der Waals surface area (Å²) in [6, 6.07) is 4.08. The maximum absolute atomic E-state index is 13.5. The fourth-order valence-corrected chi connectivity index (χ4v) is 2.56. The van der Waals surface area contributed by atoms with E-state index in [2.05, 4.69) is 5.32 Å². The Morgan fingerprint density at radius 2 is 2.33 bits per heavy atom. The summed E-state index contributed by atoms with van der Waals surface area (Å²) >= 11 is 5.79. The Kier molecular flexibility index (Phi) is 5.96. The Morgan fingerprint density at radius 1 is 1.52 bits per heavy atom. The molecule has 1 atom stereocenters. The van der Waals surface area contributed by atoms with Crippen LogP contribution >= 0.6 is 11.6 Å². The number of ether oxygens (including phenoxy) is 1. The van der Waals surface area contributed by atoms with E-state index in [9.17, 15) is 9.18 Å². The van der Waals surface area contributed by atoms with Gasteiger partial charge in [0.1, 0.15) is 5.82 Å². The summed E-state index contributed by atoms with van der Waals surface area (Å²) < 4.78 is 19.2. The van der Waals surface area contributed by atoms with Crippen LogP contribution in [0.3, 0.4) is 0 Å². The van der Waals surface area contributed by atoms with Crippen LogP contribution in [-0.4, -0.2) is 43.7 Å². The van der Waals surface area contributed by atoms with Gasteiger partial charge in [0.15, 0.2) is 0 Å². The predicted octanol–water partition coefficient (Wildman–Crippen LogP) is 2.92. The second-order valence-corrected chi connectivity index (χ2v) is 5.79. The van der Waals surface area contributed by atoms with Crippen LogP contribution in [0.5, 0.6) is 0 Å². The molecule has 21 heavy (non-hydrogen) atoms. The average molecular weight is 315 g/mol. The monoisotopic (exact) mass is 314 g/mol. The van der Waals surface area contributed by atoms with Gasteiger partial charge in [-0.15, -0.1) is 0 Å². The van der Waals surface area contributed by atoms with Crippen molar-refractivity contribution in [2.75, 3.05) is 32.1 Å². The molecule has 1 heterocycles. The molecule has 1 saturated heterocycles. The lowest BCUT2D eigenvalue weighted by Gasteiger charge is -2.27. The molecule has 1 amide bonds. The van der Waals surface area contributed by atoms with E-state index in [4.69, 9.17) is 16.3 Å².